The number of hydrogen-bond donors (Lipinski definition) is 0. The third-order valence-corrected chi connectivity index (χ3v) is 4.78. The van der Waals surface area contributed by atoms with Crippen LogP contribution in [0, 0.1) is 0 Å². The molecule has 1 nitrogen and oxygen atoms in total. The van der Waals surface area contributed by atoms with Gasteiger partial charge in [0.1, 0.15) is 0 Å². The average Bonchev–Trinajstić information content (AvgIpc) is 2.32. The molecule has 0 aliphatic carbocycles. The van der Waals surface area contributed by atoms with Crippen molar-refractivity contribution in [3.8, 4) is 0 Å². The van der Waals surface area contributed by atoms with Gasteiger partial charge in [-0.1, -0.05) is 30.3 Å². The van der Waals surface area contributed by atoms with Gasteiger partial charge in [-0.3, -0.25) is 0 Å². The molecule has 0 N–H and O–H groups in total. The van der Waals surface area contributed by atoms with Crippen molar-refractivity contribution in [2.75, 3.05) is 26.7 Å². The van der Waals surface area contributed by atoms with E-state index in [9.17, 15) is 0 Å². The van der Waals surface area contributed by atoms with Gasteiger partial charge < -0.3 is 4.48 Å². The first-order valence-electron chi connectivity index (χ1n) is 6.12. The first-order valence-corrected chi connectivity index (χ1v) is 6.12. The number of rotatable bonds is 1. The number of quaternary nitrogens is 1. The van der Waals surface area contributed by atoms with Crippen molar-refractivity contribution in [2.24, 2.45) is 0 Å². The van der Waals surface area contributed by atoms with Crippen molar-refractivity contribution in [3.05, 3.63) is 35.9 Å². The van der Waals surface area contributed by atoms with Gasteiger partial charge in [-0.25, -0.2) is 0 Å². The summed E-state index contributed by atoms with van der Waals surface area (Å²) >= 11 is 0. The Hall–Kier alpha value is -0.820. The second-order valence-electron chi connectivity index (χ2n) is 5.69. The molecule has 3 heterocycles. The fourth-order valence-electron chi connectivity index (χ4n) is 3.39. The molecule has 0 saturated carbocycles. The molecular weight excluding hydrogens is 182 g/mol. The second kappa shape index (κ2) is 3.08. The molecule has 0 radical (unpaired) electrons. The average molecular weight is 202 g/mol. The first-order chi connectivity index (χ1) is 7.23. The van der Waals surface area contributed by atoms with Crippen LogP contribution >= 0.6 is 0 Å². The largest absolute Gasteiger partial charge is 0.326 e. The Bertz CT molecular complexity index is 330. The van der Waals surface area contributed by atoms with E-state index in [2.05, 4.69) is 37.4 Å². The van der Waals surface area contributed by atoms with Gasteiger partial charge in [-0.15, -0.1) is 0 Å². The van der Waals surface area contributed by atoms with Crippen molar-refractivity contribution in [1.29, 1.82) is 0 Å². The normalized spacial score (nSPS) is 39.3. The van der Waals surface area contributed by atoms with Gasteiger partial charge in [0.25, 0.3) is 0 Å². The molecule has 0 unspecified atom stereocenters. The Morgan fingerprint density at radius 2 is 1.47 bits per heavy atom. The summed E-state index contributed by atoms with van der Waals surface area (Å²) in [6.07, 6.45) is 4.19. The minimum Gasteiger partial charge on any atom is -0.326 e. The van der Waals surface area contributed by atoms with Crippen LogP contribution in [0.15, 0.2) is 30.3 Å². The standard InChI is InChI=1S/C14H20N/c1-15-10-7-14(8-11-15,9-12-15)13-5-3-2-4-6-13/h2-6H,7-12H2,1H3/q+1. The highest BCUT2D eigenvalue weighted by atomic mass is 15.3. The van der Waals surface area contributed by atoms with E-state index in [-0.39, 0.29) is 0 Å². The van der Waals surface area contributed by atoms with Gasteiger partial charge in [0.05, 0.1) is 26.7 Å². The molecule has 0 spiro atoms. The van der Waals surface area contributed by atoms with Crippen LogP contribution in [0.3, 0.4) is 0 Å². The summed E-state index contributed by atoms with van der Waals surface area (Å²) in [6, 6.07) is 11.2. The summed E-state index contributed by atoms with van der Waals surface area (Å²) < 4.78 is 1.33. The van der Waals surface area contributed by atoms with Crippen LogP contribution in [0.5, 0.6) is 0 Å². The number of benzene rings is 1. The molecule has 2 bridgehead atoms. The summed E-state index contributed by atoms with van der Waals surface area (Å²) in [5.74, 6) is 0. The highest BCUT2D eigenvalue weighted by Gasteiger charge is 2.47. The van der Waals surface area contributed by atoms with Crippen molar-refractivity contribution >= 4 is 0 Å². The quantitative estimate of drug-likeness (QED) is 0.614. The minimum atomic E-state index is 0.539. The molecule has 1 aromatic rings. The van der Waals surface area contributed by atoms with Gasteiger partial charge in [0, 0.05) is 24.7 Å². The van der Waals surface area contributed by atoms with E-state index in [0.29, 0.717) is 5.41 Å². The number of piperidine rings is 3. The molecule has 4 rings (SSSR count). The Labute approximate surface area is 92.3 Å². The lowest BCUT2D eigenvalue weighted by molar-refractivity contribution is -0.925. The summed E-state index contributed by atoms with van der Waals surface area (Å²) in [6.45, 7) is 4.15. The smallest absolute Gasteiger partial charge is 0.0793 e. The van der Waals surface area contributed by atoms with Gasteiger partial charge in [0.2, 0.25) is 0 Å². The summed E-state index contributed by atoms with van der Waals surface area (Å²) in [4.78, 5) is 0. The summed E-state index contributed by atoms with van der Waals surface area (Å²) in [7, 11) is 2.42. The molecule has 1 heteroatoms. The number of fused-ring (bicyclic) bond motifs is 3. The summed E-state index contributed by atoms with van der Waals surface area (Å²) in [5, 5.41) is 0. The van der Waals surface area contributed by atoms with Gasteiger partial charge in [0.15, 0.2) is 0 Å². The third kappa shape index (κ3) is 1.41. The maximum Gasteiger partial charge on any atom is 0.0793 e. The molecule has 3 saturated heterocycles. The first kappa shape index (κ1) is 9.41. The topological polar surface area (TPSA) is 0 Å². The number of hydrogen-bond acceptors (Lipinski definition) is 0. The van der Waals surface area contributed by atoms with Crippen LogP contribution in [-0.4, -0.2) is 31.2 Å². The minimum absolute atomic E-state index is 0.539. The van der Waals surface area contributed by atoms with Crippen LogP contribution in [0.2, 0.25) is 0 Å². The Kier molecular flexibility index (Phi) is 1.93. The van der Waals surface area contributed by atoms with E-state index in [1.165, 1.54) is 43.4 Å². The van der Waals surface area contributed by atoms with E-state index in [1.807, 2.05) is 0 Å². The molecule has 0 amide bonds. The van der Waals surface area contributed by atoms with Gasteiger partial charge in [-0.2, -0.15) is 0 Å². The Morgan fingerprint density at radius 3 is 2.00 bits per heavy atom. The lowest BCUT2D eigenvalue weighted by Gasteiger charge is -2.53. The molecule has 0 aromatic heterocycles. The van der Waals surface area contributed by atoms with Crippen molar-refractivity contribution in [2.45, 2.75) is 24.7 Å². The van der Waals surface area contributed by atoms with Gasteiger partial charge in [-0.05, 0) is 5.56 Å². The van der Waals surface area contributed by atoms with E-state index in [0.717, 1.165) is 0 Å². The lowest BCUT2D eigenvalue weighted by atomic mass is 9.67. The Morgan fingerprint density at radius 1 is 0.933 bits per heavy atom. The zero-order valence-electron chi connectivity index (χ0n) is 9.58. The second-order valence-corrected chi connectivity index (χ2v) is 5.69. The fourth-order valence-corrected chi connectivity index (χ4v) is 3.39. The number of nitrogens with zero attached hydrogens (tertiary/aromatic N) is 1. The maximum absolute atomic E-state index is 2.42. The lowest BCUT2D eigenvalue weighted by Crippen LogP contribution is -2.60. The monoisotopic (exact) mass is 202 g/mol. The predicted octanol–water partition coefficient (Wildman–Crippen LogP) is 2.57. The van der Waals surface area contributed by atoms with Crippen molar-refractivity contribution in [1.82, 2.24) is 0 Å². The molecule has 3 aliphatic heterocycles. The highest BCUT2D eigenvalue weighted by Crippen LogP contribution is 2.45. The molecule has 80 valence electrons. The van der Waals surface area contributed by atoms with Crippen LogP contribution in [-0.2, 0) is 5.41 Å². The van der Waals surface area contributed by atoms with E-state index in [1.54, 1.807) is 5.56 Å². The predicted molar refractivity (Wildman–Crippen MR) is 62.8 cm³/mol. The maximum atomic E-state index is 2.42. The van der Waals surface area contributed by atoms with Crippen LogP contribution in [0.25, 0.3) is 0 Å². The Balaban J connectivity index is 1.94. The van der Waals surface area contributed by atoms with Crippen LogP contribution in [0.4, 0.5) is 0 Å². The van der Waals surface area contributed by atoms with E-state index >= 15 is 0 Å². The molecule has 15 heavy (non-hydrogen) atoms. The zero-order valence-corrected chi connectivity index (χ0v) is 9.58. The van der Waals surface area contributed by atoms with Gasteiger partial charge >= 0.3 is 0 Å². The van der Waals surface area contributed by atoms with E-state index in [4.69, 9.17) is 0 Å². The highest BCUT2D eigenvalue weighted by molar-refractivity contribution is 5.26. The zero-order chi connectivity index (χ0) is 10.4. The molecule has 1 aromatic carbocycles. The molecule has 0 atom stereocenters. The SMILES string of the molecule is C[N+]12CCC(c3ccccc3)(CC1)CC2. The third-order valence-electron chi connectivity index (χ3n) is 4.78. The molecule has 3 fully saturated rings. The molecular formula is C14H20N+. The van der Waals surface area contributed by atoms with Crippen molar-refractivity contribution in [3.63, 3.8) is 0 Å². The fraction of sp³-hybridized carbons (Fsp3) is 0.571. The van der Waals surface area contributed by atoms with Crippen LogP contribution < -0.4 is 0 Å². The van der Waals surface area contributed by atoms with E-state index < -0.39 is 0 Å². The van der Waals surface area contributed by atoms with Crippen LogP contribution in [0.1, 0.15) is 24.8 Å². The van der Waals surface area contributed by atoms with Crippen molar-refractivity contribution < 1.29 is 4.48 Å². The molecule has 3 aliphatic rings. The summed E-state index contributed by atoms with van der Waals surface area (Å²) in [5.41, 5.74) is 2.13.